The van der Waals surface area contributed by atoms with Crippen LogP contribution in [0.1, 0.15) is 22.2 Å². The molecule has 5 nitrogen and oxygen atoms in total. The Morgan fingerprint density at radius 2 is 1.88 bits per heavy atom. The molecule has 6 heteroatoms. The van der Waals surface area contributed by atoms with Crippen LogP contribution in [0.5, 0.6) is 0 Å². The second-order valence-electron chi connectivity index (χ2n) is 6.34. The zero-order valence-corrected chi connectivity index (χ0v) is 15.4. The van der Waals surface area contributed by atoms with Gasteiger partial charge in [-0.2, -0.15) is 0 Å². The van der Waals surface area contributed by atoms with E-state index >= 15 is 0 Å². The summed E-state index contributed by atoms with van der Waals surface area (Å²) in [6.45, 7) is 6.64. The number of nitrogens with one attached hydrogen (secondary N) is 1. The molecule has 25 heavy (non-hydrogen) atoms. The van der Waals surface area contributed by atoms with Crippen LogP contribution in [0.2, 0.25) is 0 Å². The average molecular weight is 357 g/mol. The lowest BCUT2D eigenvalue weighted by Crippen LogP contribution is -2.53. The number of carbonyl (C=O) groups is 2. The summed E-state index contributed by atoms with van der Waals surface area (Å²) < 4.78 is 0. The maximum absolute atomic E-state index is 12.5. The van der Waals surface area contributed by atoms with Crippen molar-refractivity contribution >= 4 is 28.8 Å². The maximum Gasteiger partial charge on any atom is 0.264 e. The molecule has 0 spiro atoms. The van der Waals surface area contributed by atoms with E-state index < -0.39 is 0 Å². The molecule has 2 aromatic rings. The van der Waals surface area contributed by atoms with E-state index in [1.165, 1.54) is 11.3 Å². The van der Waals surface area contributed by atoms with Crippen LogP contribution in [-0.2, 0) is 4.79 Å². The minimum atomic E-state index is -0.223. The van der Waals surface area contributed by atoms with Crippen LogP contribution in [0, 0.1) is 6.92 Å². The molecular weight excluding hydrogens is 334 g/mol. The van der Waals surface area contributed by atoms with Crippen LogP contribution >= 0.6 is 11.3 Å². The van der Waals surface area contributed by atoms with E-state index in [0.29, 0.717) is 26.2 Å². The first kappa shape index (κ1) is 17.6. The van der Waals surface area contributed by atoms with E-state index in [4.69, 9.17) is 0 Å². The van der Waals surface area contributed by atoms with Crippen molar-refractivity contribution in [3.05, 3.63) is 52.2 Å². The van der Waals surface area contributed by atoms with Crippen LogP contribution in [-0.4, -0.2) is 53.8 Å². The summed E-state index contributed by atoms with van der Waals surface area (Å²) in [5.41, 5.74) is 1.94. The molecule has 1 aliphatic heterocycles. The number of carbonyl (C=O) groups excluding carboxylic acids is 2. The first-order chi connectivity index (χ1) is 12.0. The molecular formula is C19H23N3O2S. The molecule has 2 heterocycles. The molecule has 0 radical (unpaired) electrons. The summed E-state index contributed by atoms with van der Waals surface area (Å²) >= 11 is 1.47. The Morgan fingerprint density at radius 3 is 2.52 bits per heavy atom. The number of hydrogen-bond donors (Lipinski definition) is 1. The number of aryl methyl sites for hydroxylation is 1. The Hall–Kier alpha value is -2.18. The molecule has 0 saturated carbocycles. The van der Waals surface area contributed by atoms with E-state index in [-0.39, 0.29) is 17.9 Å². The predicted octanol–water partition coefficient (Wildman–Crippen LogP) is 2.84. The van der Waals surface area contributed by atoms with Gasteiger partial charge in [-0.1, -0.05) is 18.2 Å². The number of amides is 2. The molecule has 0 unspecified atom stereocenters. The van der Waals surface area contributed by atoms with Gasteiger partial charge in [-0.3, -0.25) is 14.5 Å². The third-order valence-corrected chi connectivity index (χ3v) is 5.40. The van der Waals surface area contributed by atoms with Crippen LogP contribution in [0.3, 0.4) is 0 Å². The molecule has 1 N–H and O–H groups in total. The van der Waals surface area contributed by atoms with Gasteiger partial charge < -0.3 is 10.2 Å². The number of hydrogen-bond acceptors (Lipinski definition) is 4. The lowest BCUT2D eigenvalue weighted by atomic mass is 10.2. The Balaban J connectivity index is 1.53. The second-order valence-corrected chi connectivity index (χ2v) is 7.29. The molecule has 1 fully saturated rings. The van der Waals surface area contributed by atoms with Crippen molar-refractivity contribution in [2.24, 2.45) is 0 Å². The van der Waals surface area contributed by atoms with Gasteiger partial charge >= 0.3 is 0 Å². The molecule has 1 aromatic heterocycles. The highest BCUT2D eigenvalue weighted by atomic mass is 32.1. The van der Waals surface area contributed by atoms with Gasteiger partial charge in [0.2, 0.25) is 5.91 Å². The summed E-state index contributed by atoms with van der Waals surface area (Å²) in [4.78, 5) is 29.6. The average Bonchev–Trinajstić information content (AvgIpc) is 3.15. The molecule has 0 bridgehead atoms. The summed E-state index contributed by atoms with van der Waals surface area (Å²) in [6.07, 6.45) is 0. The molecule has 2 amide bonds. The van der Waals surface area contributed by atoms with Gasteiger partial charge in [-0.05, 0) is 43.0 Å². The largest absolute Gasteiger partial charge is 0.335 e. The highest BCUT2D eigenvalue weighted by Gasteiger charge is 2.28. The van der Waals surface area contributed by atoms with Gasteiger partial charge in [0.05, 0.1) is 10.9 Å². The zero-order chi connectivity index (χ0) is 17.8. The van der Waals surface area contributed by atoms with Gasteiger partial charge in [0.15, 0.2) is 0 Å². The van der Waals surface area contributed by atoms with Crippen LogP contribution in [0.15, 0.2) is 41.8 Å². The number of piperazine rings is 1. The fourth-order valence-corrected chi connectivity index (χ4v) is 3.69. The number of nitrogens with zero attached hydrogens (tertiary/aromatic N) is 2. The summed E-state index contributed by atoms with van der Waals surface area (Å²) in [5, 5.41) is 4.89. The molecule has 132 valence electrons. The molecule has 3 rings (SSSR count). The molecule has 1 aliphatic rings. The monoisotopic (exact) mass is 357 g/mol. The number of anilines is 1. The lowest BCUT2D eigenvalue weighted by molar-refractivity contribution is -0.121. The number of benzene rings is 1. The Morgan fingerprint density at radius 1 is 1.12 bits per heavy atom. The quantitative estimate of drug-likeness (QED) is 0.915. The lowest BCUT2D eigenvalue weighted by Gasteiger charge is -2.37. The molecule has 1 saturated heterocycles. The Bertz CT molecular complexity index is 737. The van der Waals surface area contributed by atoms with Crippen LogP contribution in [0.25, 0.3) is 0 Å². The zero-order valence-electron chi connectivity index (χ0n) is 14.6. The summed E-state index contributed by atoms with van der Waals surface area (Å²) in [6, 6.07) is 11.3. The Labute approximate surface area is 152 Å². The van der Waals surface area contributed by atoms with Crippen molar-refractivity contribution in [1.29, 1.82) is 0 Å². The van der Waals surface area contributed by atoms with Crippen molar-refractivity contribution in [3.63, 3.8) is 0 Å². The van der Waals surface area contributed by atoms with E-state index in [0.717, 1.165) is 16.1 Å². The SMILES string of the molecule is Cc1cccc(NC(=O)[C@@H](C)N2CCN(C(=O)c3cccs3)CC2)c1. The fourth-order valence-electron chi connectivity index (χ4n) is 3.00. The Kier molecular flexibility index (Phi) is 5.50. The first-order valence-electron chi connectivity index (χ1n) is 8.49. The van der Waals surface area contributed by atoms with E-state index in [9.17, 15) is 9.59 Å². The first-order valence-corrected chi connectivity index (χ1v) is 9.37. The standard InChI is InChI=1S/C19H23N3O2S/c1-14-5-3-6-16(13-14)20-18(23)15(2)21-8-10-22(11-9-21)19(24)17-7-4-12-25-17/h3-7,12-13,15H,8-11H2,1-2H3,(H,20,23)/t15-/m1/s1. The van der Waals surface area contributed by atoms with Gasteiger partial charge in [0.25, 0.3) is 5.91 Å². The number of thiophene rings is 1. The normalized spacial score (nSPS) is 16.5. The smallest absolute Gasteiger partial charge is 0.264 e. The summed E-state index contributed by atoms with van der Waals surface area (Å²) in [7, 11) is 0. The van der Waals surface area contributed by atoms with Crippen molar-refractivity contribution in [2.75, 3.05) is 31.5 Å². The fraction of sp³-hybridized carbons (Fsp3) is 0.368. The van der Waals surface area contributed by atoms with Crippen LogP contribution in [0.4, 0.5) is 5.69 Å². The van der Waals surface area contributed by atoms with Crippen molar-refractivity contribution in [2.45, 2.75) is 19.9 Å². The second kappa shape index (κ2) is 7.80. The van der Waals surface area contributed by atoms with Crippen LogP contribution < -0.4 is 5.32 Å². The third-order valence-electron chi connectivity index (χ3n) is 4.55. The topological polar surface area (TPSA) is 52.7 Å². The minimum absolute atomic E-state index is 0.0105. The third kappa shape index (κ3) is 4.27. The van der Waals surface area contributed by atoms with Gasteiger partial charge in [0, 0.05) is 31.9 Å². The number of rotatable bonds is 4. The van der Waals surface area contributed by atoms with Gasteiger partial charge in [-0.25, -0.2) is 0 Å². The van der Waals surface area contributed by atoms with Gasteiger partial charge in [0.1, 0.15) is 0 Å². The molecule has 1 aromatic carbocycles. The molecule has 0 aliphatic carbocycles. The van der Waals surface area contributed by atoms with Crippen molar-refractivity contribution in [1.82, 2.24) is 9.80 Å². The summed E-state index contributed by atoms with van der Waals surface area (Å²) in [5.74, 6) is 0.0788. The van der Waals surface area contributed by atoms with E-state index in [1.54, 1.807) is 0 Å². The maximum atomic E-state index is 12.5. The highest BCUT2D eigenvalue weighted by Crippen LogP contribution is 2.16. The molecule has 1 atom stereocenters. The van der Waals surface area contributed by atoms with Crippen molar-refractivity contribution in [3.8, 4) is 0 Å². The van der Waals surface area contributed by atoms with Gasteiger partial charge in [-0.15, -0.1) is 11.3 Å². The van der Waals surface area contributed by atoms with E-state index in [2.05, 4.69) is 10.2 Å². The van der Waals surface area contributed by atoms with E-state index in [1.807, 2.05) is 60.5 Å². The predicted molar refractivity (Wildman–Crippen MR) is 101 cm³/mol. The highest BCUT2D eigenvalue weighted by molar-refractivity contribution is 7.12. The minimum Gasteiger partial charge on any atom is -0.335 e. The van der Waals surface area contributed by atoms with Crippen molar-refractivity contribution < 1.29 is 9.59 Å².